The first-order valence-electron chi connectivity index (χ1n) is 8.39. The molecule has 1 unspecified atom stereocenters. The Hall–Kier alpha value is -2.62. The summed E-state index contributed by atoms with van der Waals surface area (Å²) in [6.45, 7) is 4.56. The van der Waals surface area contributed by atoms with Gasteiger partial charge in [0.05, 0.1) is 6.04 Å². The van der Waals surface area contributed by atoms with E-state index in [1.807, 2.05) is 43.3 Å². The van der Waals surface area contributed by atoms with Crippen LogP contribution < -0.4 is 10.2 Å². The molecular weight excluding hydrogens is 300 g/mol. The number of hydrogen-bond acceptors (Lipinski definition) is 2. The number of amides is 2. The zero-order valence-electron chi connectivity index (χ0n) is 14.1. The van der Waals surface area contributed by atoms with Crippen molar-refractivity contribution in [2.75, 3.05) is 11.4 Å². The third-order valence-electron chi connectivity index (χ3n) is 4.56. The van der Waals surface area contributed by atoms with Gasteiger partial charge in [-0.1, -0.05) is 49.4 Å². The number of hydrogen-bond donors (Lipinski definition) is 1. The van der Waals surface area contributed by atoms with Crippen LogP contribution in [-0.2, 0) is 22.4 Å². The highest BCUT2D eigenvalue weighted by Gasteiger charge is 2.29. The van der Waals surface area contributed by atoms with Crippen LogP contribution in [0, 0.1) is 0 Å². The van der Waals surface area contributed by atoms with Crippen LogP contribution in [0.4, 0.5) is 5.69 Å². The molecule has 4 heteroatoms. The van der Waals surface area contributed by atoms with Crippen molar-refractivity contribution in [1.82, 2.24) is 5.32 Å². The van der Waals surface area contributed by atoms with Crippen molar-refractivity contribution in [3.63, 3.8) is 0 Å². The lowest BCUT2D eigenvalue weighted by molar-refractivity contribution is -0.138. The number of anilines is 1. The van der Waals surface area contributed by atoms with Crippen molar-refractivity contribution in [2.45, 2.75) is 32.7 Å². The van der Waals surface area contributed by atoms with E-state index in [-0.39, 0.29) is 6.04 Å². The van der Waals surface area contributed by atoms with Crippen LogP contribution in [0.5, 0.6) is 0 Å². The monoisotopic (exact) mass is 322 g/mol. The molecule has 1 atom stereocenters. The minimum atomic E-state index is -0.557. The highest BCUT2D eigenvalue weighted by Crippen LogP contribution is 2.27. The van der Waals surface area contributed by atoms with Gasteiger partial charge in [0.15, 0.2) is 0 Å². The first-order valence-corrected chi connectivity index (χ1v) is 8.39. The Morgan fingerprint density at radius 3 is 2.54 bits per heavy atom. The number of nitrogens with zero attached hydrogens (tertiary/aromatic N) is 1. The summed E-state index contributed by atoms with van der Waals surface area (Å²) in [6.07, 6.45) is 1.77. The summed E-state index contributed by atoms with van der Waals surface area (Å²) in [5.74, 6) is -1.05. The zero-order chi connectivity index (χ0) is 17.1. The summed E-state index contributed by atoms with van der Waals surface area (Å²) < 4.78 is 0. The molecule has 0 spiro atoms. The fourth-order valence-electron chi connectivity index (χ4n) is 3.06. The maximum absolute atomic E-state index is 12.5. The van der Waals surface area contributed by atoms with Crippen molar-refractivity contribution >= 4 is 17.5 Å². The Bertz CT molecular complexity index is 752. The molecule has 4 nitrogen and oxygen atoms in total. The smallest absolute Gasteiger partial charge is 0.316 e. The second-order valence-electron chi connectivity index (χ2n) is 6.13. The molecular formula is C20H22N2O2. The molecule has 0 fully saturated rings. The molecule has 1 N–H and O–H groups in total. The van der Waals surface area contributed by atoms with Gasteiger partial charge in [-0.05, 0) is 42.5 Å². The number of aryl methyl sites for hydroxylation is 1. The summed E-state index contributed by atoms with van der Waals surface area (Å²) in [4.78, 5) is 26.4. The van der Waals surface area contributed by atoms with Crippen LogP contribution in [0.15, 0.2) is 48.5 Å². The van der Waals surface area contributed by atoms with Gasteiger partial charge in [0.25, 0.3) is 0 Å². The summed E-state index contributed by atoms with van der Waals surface area (Å²) >= 11 is 0. The molecule has 1 aliphatic heterocycles. The van der Waals surface area contributed by atoms with Gasteiger partial charge in [-0.15, -0.1) is 0 Å². The van der Waals surface area contributed by atoms with E-state index in [0.29, 0.717) is 6.54 Å². The average Bonchev–Trinajstić information content (AvgIpc) is 3.05. The van der Waals surface area contributed by atoms with Crippen molar-refractivity contribution < 1.29 is 9.59 Å². The molecule has 0 saturated heterocycles. The Kier molecular flexibility index (Phi) is 4.65. The number of rotatable bonds is 3. The van der Waals surface area contributed by atoms with Gasteiger partial charge in [-0.25, -0.2) is 0 Å². The molecule has 2 aromatic carbocycles. The number of carbonyl (C=O) groups is 2. The largest absolute Gasteiger partial charge is 0.341 e. The van der Waals surface area contributed by atoms with Gasteiger partial charge in [-0.3, -0.25) is 9.59 Å². The van der Waals surface area contributed by atoms with Crippen LogP contribution >= 0.6 is 0 Å². The van der Waals surface area contributed by atoms with Crippen LogP contribution in [0.3, 0.4) is 0 Å². The zero-order valence-corrected chi connectivity index (χ0v) is 14.1. The van der Waals surface area contributed by atoms with Crippen LogP contribution in [0.25, 0.3) is 0 Å². The standard InChI is InChI=1S/C20H22N2O2/c1-3-15-8-10-16(11-9-15)14(2)21-19(23)20(24)22-13-12-17-6-4-5-7-18(17)22/h4-11,14H,3,12-13H2,1-2H3,(H,21,23). The molecule has 24 heavy (non-hydrogen) atoms. The fourth-order valence-corrected chi connectivity index (χ4v) is 3.06. The summed E-state index contributed by atoms with van der Waals surface area (Å²) in [5.41, 5.74) is 4.21. The number of nitrogens with one attached hydrogen (secondary N) is 1. The van der Waals surface area contributed by atoms with Crippen molar-refractivity contribution in [1.29, 1.82) is 0 Å². The van der Waals surface area contributed by atoms with Crippen LogP contribution in [-0.4, -0.2) is 18.4 Å². The lowest BCUT2D eigenvalue weighted by Gasteiger charge is -2.19. The summed E-state index contributed by atoms with van der Waals surface area (Å²) in [6, 6.07) is 15.6. The Labute approximate surface area is 142 Å². The molecule has 0 aromatic heterocycles. The molecule has 3 rings (SSSR count). The fraction of sp³-hybridized carbons (Fsp3) is 0.300. The summed E-state index contributed by atoms with van der Waals surface area (Å²) in [7, 11) is 0. The van der Waals surface area contributed by atoms with Gasteiger partial charge < -0.3 is 10.2 Å². The number of fused-ring (bicyclic) bond motifs is 1. The maximum atomic E-state index is 12.5. The molecule has 0 saturated carbocycles. The topological polar surface area (TPSA) is 49.4 Å². The molecule has 0 radical (unpaired) electrons. The number of carbonyl (C=O) groups excluding carboxylic acids is 2. The molecule has 1 heterocycles. The van der Waals surface area contributed by atoms with Gasteiger partial charge in [0.1, 0.15) is 0 Å². The van der Waals surface area contributed by atoms with E-state index >= 15 is 0 Å². The number of benzene rings is 2. The van der Waals surface area contributed by atoms with Crippen LogP contribution in [0.1, 0.15) is 36.6 Å². The van der Waals surface area contributed by atoms with E-state index in [9.17, 15) is 9.59 Å². The molecule has 2 aromatic rings. The lowest BCUT2D eigenvalue weighted by Crippen LogP contribution is -2.43. The molecule has 0 bridgehead atoms. The third kappa shape index (κ3) is 3.18. The van der Waals surface area contributed by atoms with Crippen molar-refractivity contribution in [2.24, 2.45) is 0 Å². The van der Waals surface area contributed by atoms with Gasteiger partial charge in [0.2, 0.25) is 0 Å². The third-order valence-corrected chi connectivity index (χ3v) is 4.56. The predicted molar refractivity (Wildman–Crippen MR) is 94.9 cm³/mol. The van der Waals surface area contributed by atoms with Crippen molar-refractivity contribution in [3.8, 4) is 0 Å². The van der Waals surface area contributed by atoms with Crippen LogP contribution in [0.2, 0.25) is 0 Å². The van der Waals surface area contributed by atoms with Crippen molar-refractivity contribution in [3.05, 3.63) is 65.2 Å². The first-order chi connectivity index (χ1) is 11.6. The maximum Gasteiger partial charge on any atom is 0.316 e. The Morgan fingerprint density at radius 1 is 1.12 bits per heavy atom. The first kappa shape index (κ1) is 16.2. The second-order valence-corrected chi connectivity index (χ2v) is 6.13. The quantitative estimate of drug-likeness (QED) is 0.883. The highest BCUT2D eigenvalue weighted by molar-refractivity contribution is 6.40. The van der Waals surface area contributed by atoms with E-state index in [0.717, 1.165) is 29.7 Å². The van der Waals surface area contributed by atoms with E-state index in [1.165, 1.54) is 5.56 Å². The van der Waals surface area contributed by atoms with E-state index in [4.69, 9.17) is 0 Å². The Morgan fingerprint density at radius 2 is 1.83 bits per heavy atom. The SMILES string of the molecule is CCc1ccc(C(C)NC(=O)C(=O)N2CCc3ccccc32)cc1. The minimum absolute atomic E-state index is 0.204. The summed E-state index contributed by atoms with van der Waals surface area (Å²) in [5, 5.41) is 2.81. The number of para-hydroxylation sites is 1. The van der Waals surface area contributed by atoms with E-state index in [1.54, 1.807) is 4.90 Å². The predicted octanol–water partition coefficient (Wildman–Crippen LogP) is 3.02. The van der Waals surface area contributed by atoms with Gasteiger partial charge >= 0.3 is 11.8 Å². The molecule has 124 valence electrons. The lowest BCUT2D eigenvalue weighted by atomic mass is 10.0. The van der Waals surface area contributed by atoms with Gasteiger partial charge in [0, 0.05) is 12.2 Å². The highest BCUT2D eigenvalue weighted by atomic mass is 16.2. The second kappa shape index (κ2) is 6.87. The molecule has 0 aliphatic carbocycles. The molecule has 2 amide bonds. The Balaban J connectivity index is 1.67. The van der Waals surface area contributed by atoms with Gasteiger partial charge in [-0.2, -0.15) is 0 Å². The normalized spacial score (nSPS) is 14.2. The minimum Gasteiger partial charge on any atom is -0.341 e. The van der Waals surface area contributed by atoms with E-state index in [2.05, 4.69) is 24.4 Å². The average molecular weight is 322 g/mol. The molecule has 1 aliphatic rings. The van der Waals surface area contributed by atoms with E-state index < -0.39 is 11.8 Å².